The minimum absolute atomic E-state index is 0.00943. The van der Waals surface area contributed by atoms with Gasteiger partial charge in [0.25, 0.3) is 0 Å². The molecule has 1 fully saturated rings. The van der Waals surface area contributed by atoms with Gasteiger partial charge in [-0.2, -0.15) is 0 Å². The normalized spacial score (nSPS) is 19.3. The number of hydrogen-bond donors (Lipinski definition) is 1. The molecule has 3 rings (SSSR count). The molecule has 1 aliphatic rings. The van der Waals surface area contributed by atoms with Gasteiger partial charge in [-0.3, -0.25) is 4.79 Å². The van der Waals surface area contributed by atoms with Crippen molar-refractivity contribution < 1.29 is 9.82 Å². The van der Waals surface area contributed by atoms with Crippen LogP contribution in [0.5, 0.6) is 0 Å². The Hall–Kier alpha value is -1.65. The molecular formula is C18H22BNO2. The number of rotatable bonds is 3. The summed E-state index contributed by atoms with van der Waals surface area (Å²) in [5.41, 5.74) is 1.99. The van der Waals surface area contributed by atoms with Gasteiger partial charge in [-0.25, -0.2) is 0 Å². The van der Waals surface area contributed by atoms with Gasteiger partial charge in [0.05, 0.1) is 0 Å². The van der Waals surface area contributed by atoms with Crippen molar-refractivity contribution in [1.29, 1.82) is 0 Å². The third kappa shape index (κ3) is 2.94. The number of ketones is 1. The van der Waals surface area contributed by atoms with E-state index in [1.54, 1.807) is 6.82 Å². The Kier molecular flexibility index (Phi) is 4.32. The largest absolute Gasteiger partial charge is 0.437 e. The van der Waals surface area contributed by atoms with Crippen molar-refractivity contribution >= 4 is 23.6 Å². The number of carbonyl (C=O) groups is 1. The fraction of sp³-hybridized carbons (Fsp3) is 0.389. The minimum atomic E-state index is -0.477. The molecule has 22 heavy (non-hydrogen) atoms. The predicted octanol–water partition coefficient (Wildman–Crippen LogP) is 3.15. The maximum absolute atomic E-state index is 12.8. The van der Waals surface area contributed by atoms with Crippen molar-refractivity contribution in [2.24, 2.45) is 5.92 Å². The van der Waals surface area contributed by atoms with E-state index >= 15 is 0 Å². The van der Waals surface area contributed by atoms with E-state index < -0.39 is 7.05 Å². The van der Waals surface area contributed by atoms with Crippen LogP contribution in [0, 0.1) is 12.8 Å². The summed E-state index contributed by atoms with van der Waals surface area (Å²) in [4.78, 5) is 14.8. The van der Waals surface area contributed by atoms with Gasteiger partial charge >= 0.3 is 7.05 Å². The standard InChI is InChI=1S/C18H22BNO2/c1-13-5-3-6-14-8-9-15(11-17(13)14)18(21)16-7-4-10-20(12-16)19(2)22/h3,5-6,8-9,11,16,22H,4,7,10,12H2,1-2H3. The van der Waals surface area contributed by atoms with Crippen LogP contribution in [0.2, 0.25) is 6.82 Å². The van der Waals surface area contributed by atoms with Gasteiger partial charge in [-0.1, -0.05) is 30.3 Å². The summed E-state index contributed by atoms with van der Waals surface area (Å²) >= 11 is 0. The summed E-state index contributed by atoms with van der Waals surface area (Å²) in [6.45, 7) is 5.37. The summed E-state index contributed by atoms with van der Waals surface area (Å²) in [5.74, 6) is 0.195. The predicted molar refractivity (Wildman–Crippen MR) is 91.1 cm³/mol. The Labute approximate surface area is 132 Å². The molecule has 1 heterocycles. The van der Waals surface area contributed by atoms with Gasteiger partial charge in [0.2, 0.25) is 0 Å². The van der Waals surface area contributed by atoms with Crippen LogP contribution in [0.1, 0.15) is 28.8 Å². The van der Waals surface area contributed by atoms with Crippen LogP contribution in [0.15, 0.2) is 36.4 Å². The Bertz CT molecular complexity index is 699. The molecule has 0 bridgehead atoms. The van der Waals surface area contributed by atoms with E-state index in [4.69, 9.17) is 0 Å². The number of fused-ring (bicyclic) bond motifs is 1. The first-order valence-electron chi connectivity index (χ1n) is 8.02. The van der Waals surface area contributed by atoms with E-state index in [9.17, 15) is 9.82 Å². The summed E-state index contributed by atoms with van der Waals surface area (Å²) in [6, 6.07) is 12.2. The Morgan fingerprint density at radius 3 is 2.91 bits per heavy atom. The van der Waals surface area contributed by atoms with Gasteiger partial charge < -0.3 is 9.83 Å². The van der Waals surface area contributed by atoms with Crippen LogP contribution in [0.25, 0.3) is 10.8 Å². The van der Waals surface area contributed by atoms with E-state index in [1.165, 1.54) is 10.9 Å². The van der Waals surface area contributed by atoms with Crippen molar-refractivity contribution in [3.63, 3.8) is 0 Å². The molecular weight excluding hydrogens is 273 g/mol. The number of benzene rings is 2. The molecule has 0 saturated carbocycles. The average Bonchev–Trinajstić information content (AvgIpc) is 2.54. The van der Waals surface area contributed by atoms with E-state index in [2.05, 4.69) is 19.1 Å². The summed E-state index contributed by atoms with van der Waals surface area (Å²) in [7, 11) is -0.477. The maximum atomic E-state index is 12.8. The molecule has 3 nitrogen and oxygen atoms in total. The fourth-order valence-electron chi connectivity index (χ4n) is 3.38. The molecule has 1 saturated heterocycles. The molecule has 4 heteroatoms. The molecule has 0 amide bonds. The number of carbonyl (C=O) groups excluding carboxylic acids is 1. The highest BCUT2D eigenvalue weighted by Gasteiger charge is 2.29. The maximum Gasteiger partial charge on any atom is 0.376 e. The van der Waals surface area contributed by atoms with Gasteiger partial charge in [-0.15, -0.1) is 0 Å². The first kappa shape index (κ1) is 15.3. The molecule has 2 aromatic carbocycles. The third-order valence-corrected chi connectivity index (χ3v) is 4.74. The van der Waals surface area contributed by atoms with Crippen molar-refractivity contribution in [1.82, 2.24) is 4.81 Å². The molecule has 1 aliphatic heterocycles. The molecule has 0 aromatic heterocycles. The lowest BCUT2D eigenvalue weighted by molar-refractivity contribution is 0.0865. The summed E-state index contributed by atoms with van der Waals surface area (Å²) < 4.78 is 0. The van der Waals surface area contributed by atoms with Crippen LogP contribution in [0.3, 0.4) is 0 Å². The number of Topliss-reactive ketones (excluding diaryl/α,β-unsaturated/α-hetero) is 1. The zero-order chi connectivity index (χ0) is 15.7. The first-order valence-corrected chi connectivity index (χ1v) is 8.02. The SMILES string of the molecule is CB(O)N1CCCC(C(=O)c2ccc3cccc(C)c3c2)C1. The second-order valence-electron chi connectivity index (χ2n) is 6.34. The Morgan fingerprint density at radius 2 is 2.14 bits per heavy atom. The number of hydrogen-bond acceptors (Lipinski definition) is 3. The molecule has 114 valence electrons. The van der Waals surface area contributed by atoms with Crippen molar-refractivity contribution in [3.05, 3.63) is 47.5 Å². The zero-order valence-electron chi connectivity index (χ0n) is 13.2. The van der Waals surface area contributed by atoms with Crippen LogP contribution < -0.4 is 0 Å². The van der Waals surface area contributed by atoms with E-state index in [0.29, 0.717) is 6.54 Å². The fourth-order valence-corrected chi connectivity index (χ4v) is 3.38. The van der Waals surface area contributed by atoms with Crippen molar-refractivity contribution in [2.45, 2.75) is 26.6 Å². The quantitative estimate of drug-likeness (QED) is 0.698. The second-order valence-corrected chi connectivity index (χ2v) is 6.34. The molecule has 1 unspecified atom stereocenters. The smallest absolute Gasteiger partial charge is 0.376 e. The zero-order valence-corrected chi connectivity index (χ0v) is 13.2. The van der Waals surface area contributed by atoms with Crippen LogP contribution >= 0.6 is 0 Å². The number of aryl methyl sites for hydroxylation is 1. The van der Waals surface area contributed by atoms with Crippen LogP contribution in [-0.4, -0.2) is 35.8 Å². The van der Waals surface area contributed by atoms with Crippen LogP contribution in [-0.2, 0) is 0 Å². The van der Waals surface area contributed by atoms with Crippen molar-refractivity contribution in [2.75, 3.05) is 13.1 Å². The van der Waals surface area contributed by atoms with Gasteiger partial charge in [-0.05, 0) is 62.1 Å². The van der Waals surface area contributed by atoms with Gasteiger partial charge in [0.15, 0.2) is 5.78 Å². The van der Waals surface area contributed by atoms with Crippen molar-refractivity contribution in [3.8, 4) is 0 Å². The second kappa shape index (κ2) is 6.23. The highest BCUT2D eigenvalue weighted by molar-refractivity contribution is 6.45. The molecule has 2 aromatic rings. The van der Waals surface area contributed by atoms with E-state index in [1.807, 2.05) is 29.1 Å². The topological polar surface area (TPSA) is 40.5 Å². The Balaban J connectivity index is 1.87. The minimum Gasteiger partial charge on any atom is -0.437 e. The van der Waals surface area contributed by atoms with Gasteiger partial charge in [0.1, 0.15) is 0 Å². The average molecular weight is 295 g/mol. The summed E-state index contributed by atoms with van der Waals surface area (Å²) in [5, 5.41) is 12.1. The highest BCUT2D eigenvalue weighted by atomic mass is 16.2. The first-order chi connectivity index (χ1) is 10.6. The molecule has 1 N–H and O–H groups in total. The summed E-state index contributed by atoms with van der Waals surface area (Å²) in [6.07, 6.45) is 1.88. The highest BCUT2D eigenvalue weighted by Crippen LogP contribution is 2.25. The Morgan fingerprint density at radius 1 is 1.32 bits per heavy atom. The lowest BCUT2D eigenvalue weighted by atomic mass is 9.79. The molecule has 0 aliphatic carbocycles. The molecule has 0 spiro atoms. The molecule has 0 radical (unpaired) electrons. The van der Waals surface area contributed by atoms with Crippen LogP contribution in [0.4, 0.5) is 0 Å². The van der Waals surface area contributed by atoms with Gasteiger partial charge in [0, 0.05) is 11.5 Å². The monoisotopic (exact) mass is 295 g/mol. The van der Waals surface area contributed by atoms with E-state index in [-0.39, 0.29) is 11.7 Å². The molecule has 1 atom stereocenters. The third-order valence-electron chi connectivity index (χ3n) is 4.74. The number of nitrogens with zero attached hydrogens (tertiary/aromatic N) is 1. The lowest BCUT2D eigenvalue weighted by Crippen LogP contribution is -2.46. The van der Waals surface area contributed by atoms with E-state index in [0.717, 1.165) is 30.3 Å². The lowest BCUT2D eigenvalue weighted by Gasteiger charge is -2.32. The number of piperidine rings is 1.